The molecule has 0 unspecified atom stereocenters. The number of Topliss-reactive ketones (excluding diaryl/α,β-unsaturated/α-hetero) is 1. The number of halogens is 1. The minimum absolute atomic E-state index is 0.0944. The van der Waals surface area contributed by atoms with Crippen LogP contribution < -0.4 is 4.74 Å². The second kappa shape index (κ2) is 10.00. The number of carbonyl (C=O) groups is 2. The van der Waals surface area contributed by atoms with Gasteiger partial charge in [-0.2, -0.15) is 4.31 Å². The summed E-state index contributed by atoms with van der Waals surface area (Å²) in [5.41, 5.74) is 0.526. The van der Waals surface area contributed by atoms with Crippen LogP contribution in [0.5, 0.6) is 5.75 Å². The van der Waals surface area contributed by atoms with E-state index < -0.39 is 22.6 Å². The molecule has 0 aromatic heterocycles. The van der Waals surface area contributed by atoms with Gasteiger partial charge in [0.05, 0.1) is 22.0 Å². The predicted octanol–water partition coefficient (Wildman–Crippen LogP) is 3.53. The SMILES string of the molecule is CCN(CC)S(=O)(=O)c1ccc(C(=O)OCC(=O)c2ccc(OC)c(Br)c2)cc1. The number of methoxy groups -OCH3 is 1. The number of ketones is 1. The highest BCUT2D eigenvalue weighted by Crippen LogP contribution is 2.25. The first-order chi connectivity index (χ1) is 13.7. The lowest BCUT2D eigenvalue weighted by atomic mass is 10.1. The Hall–Kier alpha value is -2.23. The third kappa shape index (κ3) is 5.43. The monoisotopic (exact) mass is 483 g/mol. The normalized spacial score (nSPS) is 11.3. The Labute approximate surface area is 178 Å². The zero-order valence-electron chi connectivity index (χ0n) is 16.3. The van der Waals surface area contributed by atoms with E-state index in [1.165, 1.54) is 35.7 Å². The van der Waals surface area contributed by atoms with Gasteiger partial charge in [0.1, 0.15) is 5.75 Å². The number of rotatable bonds is 9. The van der Waals surface area contributed by atoms with Crippen LogP contribution in [0.3, 0.4) is 0 Å². The quantitative estimate of drug-likeness (QED) is 0.400. The van der Waals surface area contributed by atoms with Gasteiger partial charge >= 0.3 is 5.97 Å². The molecule has 29 heavy (non-hydrogen) atoms. The second-order valence-corrected chi connectivity index (χ2v) is 8.75. The van der Waals surface area contributed by atoms with Crippen LogP contribution in [-0.2, 0) is 14.8 Å². The van der Waals surface area contributed by atoms with Crippen LogP contribution in [0.4, 0.5) is 0 Å². The average Bonchev–Trinajstić information content (AvgIpc) is 2.72. The van der Waals surface area contributed by atoms with E-state index in [-0.39, 0.29) is 16.2 Å². The van der Waals surface area contributed by atoms with Gasteiger partial charge in [-0.25, -0.2) is 13.2 Å². The van der Waals surface area contributed by atoms with Crippen LogP contribution >= 0.6 is 15.9 Å². The van der Waals surface area contributed by atoms with Crippen molar-refractivity contribution in [3.63, 3.8) is 0 Å². The topological polar surface area (TPSA) is 90.0 Å². The molecule has 0 aliphatic heterocycles. The van der Waals surface area contributed by atoms with Crippen LogP contribution in [0.1, 0.15) is 34.6 Å². The number of nitrogens with zero attached hydrogens (tertiary/aromatic N) is 1. The number of esters is 1. The molecule has 2 rings (SSSR count). The van der Waals surface area contributed by atoms with E-state index in [4.69, 9.17) is 9.47 Å². The smallest absolute Gasteiger partial charge is 0.338 e. The molecule has 0 N–H and O–H groups in total. The summed E-state index contributed by atoms with van der Waals surface area (Å²) < 4.78 is 37.1. The molecule has 0 fully saturated rings. The average molecular weight is 484 g/mol. The molecule has 0 heterocycles. The van der Waals surface area contributed by atoms with Crippen molar-refractivity contribution in [2.24, 2.45) is 0 Å². The number of carbonyl (C=O) groups excluding carboxylic acids is 2. The van der Waals surface area contributed by atoms with Gasteiger partial charge in [0.2, 0.25) is 10.0 Å². The van der Waals surface area contributed by atoms with Crippen LogP contribution in [0.15, 0.2) is 51.8 Å². The van der Waals surface area contributed by atoms with E-state index in [1.54, 1.807) is 32.0 Å². The zero-order valence-corrected chi connectivity index (χ0v) is 18.7. The Morgan fingerprint density at radius 3 is 2.10 bits per heavy atom. The molecule has 0 bridgehead atoms. The molecule has 0 radical (unpaired) electrons. The van der Waals surface area contributed by atoms with Crippen molar-refractivity contribution in [1.82, 2.24) is 4.31 Å². The fraction of sp³-hybridized carbons (Fsp3) is 0.300. The molecule has 9 heteroatoms. The molecule has 156 valence electrons. The molecule has 0 amide bonds. The van der Waals surface area contributed by atoms with Crippen molar-refractivity contribution in [2.75, 3.05) is 26.8 Å². The van der Waals surface area contributed by atoms with Crippen molar-refractivity contribution in [2.45, 2.75) is 18.7 Å². The third-order valence-corrected chi connectivity index (χ3v) is 6.93. The summed E-state index contributed by atoms with van der Waals surface area (Å²) in [6, 6.07) is 10.2. The molecular formula is C20H22BrNO6S. The molecule has 0 saturated carbocycles. The Bertz CT molecular complexity index is 985. The largest absolute Gasteiger partial charge is 0.496 e. The Morgan fingerprint density at radius 1 is 1.00 bits per heavy atom. The lowest BCUT2D eigenvalue weighted by molar-refractivity contribution is 0.0474. The Morgan fingerprint density at radius 2 is 1.59 bits per heavy atom. The van der Waals surface area contributed by atoms with Crippen LogP contribution in [0, 0.1) is 0 Å². The third-order valence-electron chi connectivity index (χ3n) is 4.24. The summed E-state index contributed by atoms with van der Waals surface area (Å²) in [5.74, 6) is -0.501. The van der Waals surface area contributed by atoms with Crippen LogP contribution in [0.2, 0.25) is 0 Å². The van der Waals surface area contributed by atoms with Gasteiger partial charge < -0.3 is 9.47 Å². The maximum atomic E-state index is 12.5. The van der Waals surface area contributed by atoms with E-state index in [9.17, 15) is 18.0 Å². The maximum Gasteiger partial charge on any atom is 0.338 e. The first kappa shape index (κ1) is 23.1. The molecule has 0 atom stereocenters. The number of hydrogen-bond acceptors (Lipinski definition) is 6. The van der Waals surface area contributed by atoms with E-state index in [0.717, 1.165) is 0 Å². The highest BCUT2D eigenvalue weighted by atomic mass is 79.9. The minimum Gasteiger partial charge on any atom is -0.496 e. The molecular weight excluding hydrogens is 462 g/mol. The molecule has 0 saturated heterocycles. The Balaban J connectivity index is 2.04. The van der Waals surface area contributed by atoms with Crippen LogP contribution in [-0.4, -0.2) is 51.3 Å². The van der Waals surface area contributed by atoms with E-state index in [0.29, 0.717) is 28.9 Å². The van der Waals surface area contributed by atoms with Crippen LogP contribution in [0.25, 0.3) is 0 Å². The predicted molar refractivity (Wildman–Crippen MR) is 112 cm³/mol. The van der Waals surface area contributed by atoms with Crippen molar-refractivity contribution in [1.29, 1.82) is 0 Å². The van der Waals surface area contributed by atoms with Gasteiger partial charge in [-0.3, -0.25) is 4.79 Å². The summed E-state index contributed by atoms with van der Waals surface area (Å²) in [6.45, 7) is 3.78. The van der Waals surface area contributed by atoms with Gasteiger partial charge in [0.25, 0.3) is 0 Å². The molecule has 2 aromatic rings. The van der Waals surface area contributed by atoms with Gasteiger partial charge in [-0.1, -0.05) is 13.8 Å². The number of benzene rings is 2. The van der Waals surface area contributed by atoms with Crippen molar-refractivity contribution >= 4 is 37.7 Å². The molecule has 2 aromatic carbocycles. The second-order valence-electron chi connectivity index (χ2n) is 5.96. The van der Waals surface area contributed by atoms with Gasteiger partial charge in [-0.15, -0.1) is 0 Å². The molecule has 0 aliphatic rings. The summed E-state index contributed by atoms with van der Waals surface area (Å²) in [7, 11) is -2.09. The molecule has 7 nitrogen and oxygen atoms in total. The lowest BCUT2D eigenvalue weighted by Crippen LogP contribution is -2.30. The minimum atomic E-state index is -3.60. The highest BCUT2D eigenvalue weighted by molar-refractivity contribution is 9.10. The van der Waals surface area contributed by atoms with Crippen molar-refractivity contribution in [3.05, 3.63) is 58.1 Å². The Kier molecular flexibility index (Phi) is 7.95. The number of ether oxygens (including phenoxy) is 2. The highest BCUT2D eigenvalue weighted by Gasteiger charge is 2.22. The first-order valence-electron chi connectivity index (χ1n) is 8.88. The summed E-state index contributed by atoms with van der Waals surface area (Å²) in [4.78, 5) is 24.5. The fourth-order valence-electron chi connectivity index (χ4n) is 2.61. The summed E-state index contributed by atoms with van der Waals surface area (Å²) >= 11 is 3.30. The van der Waals surface area contributed by atoms with E-state index in [1.807, 2.05) is 0 Å². The summed E-state index contributed by atoms with van der Waals surface area (Å²) in [6.07, 6.45) is 0. The lowest BCUT2D eigenvalue weighted by Gasteiger charge is -2.18. The zero-order chi connectivity index (χ0) is 21.6. The van der Waals surface area contributed by atoms with Crippen molar-refractivity contribution in [3.8, 4) is 5.75 Å². The standard InChI is InChI=1S/C20H22BrNO6S/c1-4-22(5-2)29(25,26)16-9-6-14(7-10-16)20(24)28-13-18(23)15-8-11-19(27-3)17(21)12-15/h6-12H,4-5,13H2,1-3H3. The van der Waals surface area contributed by atoms with Gasteiger partial charge in [0, 0.05) is 18.7 Å². The number of sulfonamides is 1. The molecule has 0 aliphatic carbocycles. The maximum absolute atomic E-state index is 12.5. The van der Waals surface area contributed by atoms with E-state index in [2.05, 4.69) is 15.9 Å². The molecule has 0 spiro atoms. The van der Waals surface area contributed by atoms with E-state index >= 15 is 0 Å². The fourth-order valence-corrected chi connectivity index (χ4v) is 4.61. The van der Waals surface area contributed by atoms with Gasteiger partial charge in [0.15, 0.2) is 12.4 Å². The number of hydrogen-bond donors (Lipinski definition) is 0. The van der Waals surface area contributed by atoms with Crippen molar-refractivity contribution < 1.29 is 27.5 Å². The van der Waals surface area contributed by atoms with Gasteiger partial charge in [-0.05, 0) is 58.4 Å². The summed E-state index contributed by atoms with van der Waals surface area (Å²) in [5, 5.41) is 0. The first-order valence-corrected chi connectivity index (χ1v) is 11.1.